The first-order valence-electron chi connectivity index (χ1n) is 9.53. The van der Waals surface area contributed by atoms with E-state index in [-0.39, 0.29) is 11.9 Å². The summed E-state index contributed by atoms with van der Waals surface area (Å²) in [6, 6.07) is 13.7. The molecule has 1 saturated heterocycles. The van der Waals surface area contributed by atoms with Crippen molar-refractivity contribution in [3.63, 3.8) is 0 Å². The highest BCUT2D eigenvalue weighted by atomic mass is 16.6. The predicted molar refractivity (Wildman–Crippen MR) is 106 cm³/mol. The fraction of sp³-hybridized carbons (Fsp3) is 0.455. The Labute approximate surface area is 160 Å². The van der Waals surface area contributed by atoms with Crippen molar-refractivity contribution in [1.82, 2.24) is 10.2 Å². The molecule has 1 aliphatic heterocycles. The summed E-state index contributed by atoms with van der Waals surface area (Å²) < 4.78 is 5.45. The predicted octanol–water partition coefficient (Wildman–Crippen LogP) is 4.42. The Balaban J connectivity index is 1.68. The molecule has 0 aromatic heterocycles. The summed E-state index contributed by atoms with van der Waals surface area (Å²) in [5, 5.41) is 5.38. The van der Waals surface area contributed by atoms with Crippen molar-refractivity contribution in [2.24, 2.45) is 0 Å². The monoisotopic (exact) mass is 368 g/mol. The average molecular weight is 368 g/mol. The molecule has 2 aromatic rings. The van der Waals surface area contributed by atoms with Gasteiger partial charge in [-0.3, -0.25) is 9.69 Å². The lowest BCUT2D eigenvalue weighted by molar-refractivity contribution is -0.126. The van der Waals surface area contributed by atoms with E-state index in [0.29, 0.717) is 13.0 Å². The normalized spacial score (nSPS) is 18.4. The minimum absolute atomic E-state index is 0.126. The number of carbonyl (C=O) groups is 2. The summed E-state index contributed by atoms with van der Waals surface area (Å²) in [6.07, 6.45) is 1.05. The van der Waals surface area contributed by atoms with Crippen LogP contribution in [0.3, 0.4) is 0 Å². The molecule has 1 aliphatic rings. The van der Waals surface area contributed by atoms with Crippen LogP contribution in [0.15, 0.2) is 42.5 Å². The molecule has 2 aromatic carbocycles. The number of hydrogen-bond acceptors (Lipinski definition) is 3. The topological polar surface area (TPSA) is 58.6 Å². The number of likely N-dealkylation sites (tertiary alicyclic amines) is 1. The van der Waals surface area contributed by atoms with Crippen LogP contribution in [-0.4, -0.2) is 35.1 Å². The van der Waals surface area contributed by atoms with Crippen LogP contribution in [0.4, 0.5) is 4.79 Å². The number of rotatable bonds is 3. The number of ether oxygens (including phenoxy) is 1. The Bertz CT molecular complexity index is 841. The summed E-state index contributed by atoms with van der Waals surface area (Å²) in [5.41, 5.74) is 0.475. The molecule has 1 N–H and O–H groups in total. The van der Waals surface area contributed by atoms with Gasteiger partial charge in [0.25, 0.3) is 0 Å². The molecule has 2 atom stereocenters. The van der Waals surface area contributed by atoms with Crippen LogP contribution in [0.5, 0.6) is 0 Å². The SMILES string of the molecule is CC(NC(=O)C1CCCN1C(=O)OC(C)(C)C)c1ccc2ccccc2c1. The maximum Gasteiger partial charge on any atom is 0.410 e. The van der Waals surface area contributed by atoms with Gasteiger partial charge in [0.1, 0.15) is 11.6 Å². The number of nitrogens with one attached hydrogen (secondary N) is 1. The minimum Gasteiger partial charge on any atom is -0.444 e. The quantitative estimate of drug-likeness (QED) is 0.873. The van der Waals surface area contributed by atoms with Gasteiger partial charge in [0.05, 0.1) is 6.04 Å². The molecule has 0 spiro atoms. The minimum atomic E-state index is -0.570. The van der Waals surface area contributed by atoms with Gasteiger partial charge in [-0.05, 0) is 62.9 Å². The number of amides is 2. The Morgan fingerprint density at radius 2 is 1.85 bits per heavy atom. The van der Waals surface area contributed by atoms with E-state index in [2.05, 4.69) is 29.6 Å². The Morgan fingerprint density at radius 1 is 1.15 bits per heavy atom. The highest BCUT2D eigenvalue weighted by Crippen LogP contribution is 2.24. The van der Waals surface area contributed by atoms with E-state index in [0.717, 1.165) is 17.4 Å². The third kappa shape index (κ3) is 4.59. The van der Waals surface area contributed by atoms with Crippen LogP contribution < -0.4 is 5.32 Å². The summed E-state index contributed by atoms with van der Waals surface area (Å²) in [6.45, 7) is 8.01. The highest BCUT2D eigenvalue weighted by Gasteiger charge is 2.37. The molecule has 27 heavy (non-hydrogen) atoms. The molecule has 5 nitrogen and oxygen atoms in total. The smallest absolute Gasteiger partial charge is 0.410 e. The molecule has 0 radical (unpaired) electrons. The number of fused-ring (bicyclic) bond motifs is 1. The van der Waals surface area contributed by atoms with Gasteiger partial charge in [-0.2, -0.15) is 0 Å². The molecule has 2 unspecified atom stereocenters. The third-order valence-electron chi connectivity index (χ3n) is 4.82. The van der Waals surface area contributed by atoms with Crippen molar-refractivity contribution in [3.8, 4) is 0 Å². The zero-order valence-corrected chi connectivity index (χ0v) is 16.5. The highest BCUT2D eigenvalue weighted by molar-refractivity contribution is 5.87. The second kappa shape index (κ2) is 7.59. The maximum atomic E-state index is 12.8. The van der Waals surface area contributed by atoms with E-state index in [1.807, 2.05) is 45.9 Å². The fourth-order valence-corrected chi connectivity index (χ4v) is 3.45. The van der Waals surface area contributed by atoms with Gasteiger partial charge in [0.2, 0.25) is 5.91 Å². The number of benzene rings is 2. The van der Waals surface area contributed by atoms with Crippen LogP contribution in [0.25, 0.3) is 10.8 Å². The molecule has 144 valence electrons. The Kier molecular flexibility index (Phi) is 5.40. The first-order valence-corrected chi connectivity index (χ1v) is 9.53. The first-order chi connectivity index (χ1) is 12.7. The zero-order chi connectivity index (χ0) is 19.6. The van der Waals surface area contributed by atoms with Crippen LogP contribution in [0, 0.1) is 0 Å². The van der Waals surface area contributed by atoms with Crippen molar-refractivity contribution in [1.29, 1.82) is 0 Å². The molecule has 0 saturated carbocycles. The number of nitrogens with zero attached hydrogens (tertiary/aromatic N) is 1. The molecular formula is C22H28N2O3. The average Bonchev–Trinajstić information content (AvgIpc) is 3.10. The van der Waals surface area contributed by atoms with Crippen molar-refractivity contribution < 1.29 is 14.3 Å². The lowest BCUT2D eigenvalue weighted by atomic mass is 10.0. The van der Waals surface area contributed by atoms with Gasteiger partial charge in [-0.25, -0.2) is 4.79 Å². The van der Waals surface area contributed by atoms with Crippen molar-refractivity contribution in [2.45, 2.75) is 58.2 Å². The van der Waals surface area contributed by atoms with Gasteiger partial charge in [-0.1, -0.05) is 36.4 Å². The molecule has 5 heteroatoms. The van der Waals surface area contributed by atoms with Gasteiger partial charge < -0.3 is 10.1 Å². The van der Waals surface area contributed by atoms with Crippen molar-refractivity contribution in [3.05, 3.63) is 48.0 Å². The largest absolute Gasteiger partial charge is 0.444 e. The summed E-state index contributed by atoms with van der Waals surface area (Å²) in [4.78, 5) is 26.8. The van der Waals surface area contributed by atoms with E-state index < -0.39 is 17.7 Å². The van der Waals surface area contributed by atoms with Crippen LogP contribution in [-0.2, 0) is 9.53 Å². The van der Waals surface area contributed by atoms with Gasteiger partial charge in [0, 0.05) is 6.54 Å². The molecule has 1 fully saturated rings. The number of carbonyl (C=O) groups excluding carboxylic acids is 2. The molecule has 3 rings (SSSR count). The van der Waals surface area contributed by atoms with E-state index in [1.54, 1.807) is 4.90 Å². The number of hydrogen-bond donors (Lipinski definition) is 1. The maximum absolute atomic E-state index is 12.8. The van der Waals surface area contributed by atoms with Gasteiger partial charge >= 0.3 is 6.09 Å². The van der Waals surface area contributed by atoms with Crippen LogP contribution in [0.2, 0.25) is 0 Å². The van der Waals surface area contributed by atoms with Gasteiger partial charge in [-0.15, -0.1) is 0 Å². The van der Waals surface area contributed by atoms with Crippen LogP contribution >= 0.6 is 0 Å². The van der Waals surface area contributed by atoms with E-state index in [1.165, 1.54) is 5.39 Å². The second-order valence-electron chi connectivity index (χ2n) is 8.17. The second-order valence-corrected chi connectivity index (χ2v) is 8.17. The molecular weight excluding hydrogens is 340 g/mol. The summed E-state index contributed by atoms with van der Waals surface area (Å²) >= 11 is 0. The van der Waals surface area contributed by atoms with Gasteiger partial charge in [0.15, 0.2) is 0 Å². The van der Waals surface area contributed by atoms with Crippen molar-refractivity contribution >= 4 is 22.8 Å². The third-order valence-corrected chi connectivity index (χ3v) is 4.82. The van der Waals surface area contributed by atoms with E-state index in [4.69, 9.17) is 4.74 Å². The fourth-order valence-electron chi connectivity index (χ4n) is 3.45. The molecule has 0 aliphatic carbocycles. The summed E-state index contributed by atoms with van der Waals surface area (Å²) in [7, 11) is 0. The van der Waals surface area contributed by atoms with E-state index in [9.17, 15) is 9.59 Å². The molecule has 0 bridgehead atoms. The lowest BCUT2D eigenvalue weighted by Gasteiger charge is -2.28. The Hall–Kier alpha value is -2.56. The molecule has 2 amide bonds. The van der Waals surface area contributed by atoms with E-state index >= 15 is 0 Å². The summed E-state index contributed by atoms with van der Waals surface area (Å²) in [5.74, 6) is -0.126. The van der Waals surface area contributed by atoms with Crippen molar-refractivity contribution in [2.75, 3.05) is 6.54 Å². The first kappa shape index (κ1) is 19.2. The zero-order valence-electron chi connectivity index (χ0n) is 16.5. The molecule has 1 heterocycles. The Morgan fingerprint density at radius 3 is 2.56 bits per heavy atom. The van der Waals surface area contributed by atoms with Crippen LogP contribution in [0.1, 0.15) is 52.1 Å². The lowest BCUT2D eigenvalue weighted by Crippen LogP contribution is -2.48. The standard InChI is InChI=1S/C22H28N2O3/c1-15(17-12-11-16-8-5-6-9-18(16)14-17)23-20(25)19-10-7-13-24(19)21(26)27-22(2,3)4/h5-6,8-9,11-12,14-15,19H,7,10,13H2,1-4H3,(H,23,25).